The fraction of sp³-hybridized carbons (Fsp3) is 0.353. The fourth-order valence-electron chi connectivity index (χ4n) is 1.78. The van der Waals surface area contributed by atoms with Crippen LogP contribution in [-0.4, -0.2) is 12.5 Å². The van der Waals surface area contributed by atoms with Gasteiger partial charge in [-0.15, -0.1) is 0 Å². The Morgan fingerprint density at radius 3 is 2.59 bits per heavy atom. The highest BCUT2D eigenvalue weighted by molar-refractivity contribution is 6.06. The highest BCUT2D eigenvalue weighted by Crippen LogP contribution is 2.12. The number of hydrogen-bond donors (Lipinski definition) is 2. The first-order valence-electron chi connectivity index (χ1n) is 7.32. The molecule has 2 N–H and O–H groups in total. The Hall–Kier alpha value is -2.79. The van der Waals surface area contributed by atoms with Crippen LogP contribution in [0.5, 0.6) is 0 Å². The largest absolute Gasteiger partial charge is 0.389 e. The average Bonchev–Trinajstić information content (AvgIpc) is 2.54. The predicted octanol–water partition coefficient (Wildman–Crippen LogP) is 2.88. The van der Waals surface area contributed by atoms with Gasteiger partial charge in [0.15, 0.2) is 0 Å². The Bertz CT molecular complexity index is 591. The van der Waals surface area contributed by atoms with Crippen molar-refractivity contribution in [3.8, 4) is 12.1 Å². The summed E-state index contributed by atoms with van der Waals surface area (Å²) in [5.41, 5.74) is 1.87. The second-order valence-corrected chi connectivity index (χ2v) is 4.79. The lowest BCUT2D eigenvalue weighted by Gasteiger charge is -2.06. The van der Waals surface area contributed by atoms with Crippen LogP contribution in [0.25, 0.3) is 0 Å². The lowest BCUT2D eigenvalue weighted by atomic mass is 10.1. The first-order chi connectivity index (χ1) is 10.7. The molecule has 0 aliphatic rings. The summed E-state index contributed by atoms with van der Waals surface area (Å²) in [5, 5.41) is 22.9. The Kier molecular flexibility index (Phi) is 7.86. The van der Waals surface area contributed by atoms with Gasteiger partial charge in [-0.25, -0.2) is 0 Å². The fourth-order valence-corrected chi connectivity index (χ4v) is 1.78. The molecule has 0 aliphatic carbocycles. The van der Waals surface area contributed by atoms with E-state index >= 15 is 0 Å². The van der Waals surface area contributed by atoms with Gasteiger partial charge in [0.25, 0.3) is 5.91 Å². The summed E-state index contributed by atoms with van der Waals surface area (Å²) in [7, 11) is 0. The van der Waals surface area contributed by atoms with Crippen LogP contribution in [0.2, 0.25) is 0 Å². The number of carbonyl (C=O) groups excluding carboxylic acids is 1. The Morgan fingerprint density at radius 2 is 2.00 bits per heavy atom. The zero-order valence-electron chi connectivity index (χ0n) is 12.7. The maximum absolute atomic E-state index is 12.0. The van der Waals surface area contributed by atoms with Crippen LogP contribution in [0.3, 0.4) is 0 Å². The van der Waals surface area contributed by atoms with Gasteiger partial charge in [0.1, 0.15) is 11.6 Å². The Balaban J connectivity index is 2.59. The number of amides is 1. The van der Waals surface area contributed by atoms with Gasteiger partial charge >= 0.3 is 0 Å². The molecule has 5 nitrogen and oxygen atoms in total. The van der Waals surface area contributed by atoms with Crippen LogP contribution in [0.15, 0.2) is 36.0 Å². The van der Waals surface area contributed by atoms with E-state index in [0.29, 0.717) is 18.7 Å². The molecule has 5 heteroatoms. The molecule has 0 aliphatic heterocycles. The molecule has 0 saturated heterocycles. The molecule has 1 aromatic rings. The molecule has 0 aromatic heterocycles. The second-order valence-electron chi connectivity index (χ2n) is 4.79. The predicted molar refractivity (Wildman–Crippen MR) is 85.6 cm³/mol. The first-order valence-corrected chi connectivity index (χ1v) is 7.32. The van der Waals surface area contributed by atoms with Crippen LogP contribution in [-0.2, 0) is 11.2 Å². The molecule has 1 rings (SSSR count). The molecule has 1 aromatic carbocycles. The zero-order chi connectivity index (χ0) is 16.2. The number of aryl methyl sites for hydroxylation is 1. The van der Waals surface area contributed by atoms with E-state index in [9.17, 15) is 4.79 Å². The van der Waals surface area contributed by atoms with Crippen LogP contribution >= 0.6 is 0 Å². The summed E-state index contributed by atoms with van der Waals surface area (Å²) in [6.07, 6.45) is 4.96. The normalized spacial score (nSPS) is 10.4. The van der Waals surface area contributed by atoms with Gasteiger partial charge in [0.2, 0.25) is 0 Å². The summed E-state index contributed by atoms with van der Waals surface area (Å²) in [5.74, 6) is -0.465. The molecule has 0 spiro atoms. The van der Waals surface area contributed by atoms with Gasteiger partial charge in [-0.1, -0.05) is 25.5 Å². The van der Waals surface area contributed by atoms with Crippen molar-refractivity contribution in [1.29, 1.82) is 10.5 Å². The molecule has 0 unspecified atom stereocenters. The number of nitrogens with zero attached hydrogens (tertiary/aromatic N) is 2. The van der Waals surface area contributed by atoms with E-state index in [0.717, 1.165) is 19.3 Å². The van der Waals surface area contributed by atoms with Crippen molar-refractivity contribution in [2.24, 2.45) is 0 Å². The number of rotatable bonds is 8. The van der Waals surface area contributed by atoms with Gasteiger partial charge in [0.05, 0.1) is 12.5 Å². The highest BCUT2D eigenvalue weighted by atomic mass is 16.1. The van der Waals surface area contributed by atoms with Gasteiger partial charge in [-0.05, 0) is 30.5 Å². The van der Waals surface area contributed by atoms with Crippen LogP contribution in [0.1, 0.15) is 31.7 Å². The highest BCUT2D eigenvalue weighted by Gasteiger charge is 2.08. The first kappa shape index (κ1) is 17.3. The van der Waals surface area contributed by atoms with E-state index < -0.39 is 5.91 Å². The lowest BCUT2D eigenvalue weighted by Crippen LogP contribution is -2.17. The molecule has 22 heavy (non-hydrogen) atoms. The number of unbranched alkanes of at least 4 members (excludes halogenated alkanes) is 1. The standard InChI is InChI=1S/C17H20N4O/c1-2-3-5-14-6-8-16(9-7-14)21-17(22)15(12-19)13-20-11-4-10-18/h6-9,13,20H,2-5,11H2,1H3,(H,21,22)/b15-13-. The van der Waals surface area contributed by atoms with Crippen LogP contribution < -0.4 is 10.6 Å². The average molecular weight is 296 g/mol. The van der Waals surface area contributed by atoms with Crippen molar-refractivity contribution in [1.82, 2.24) is 5.32 Å². The Morgan fingerprint density at radius 1 is 1.27 bits per heavy atom. The minimum atomic E-state index is -0.465. The molecule has 0 heterocycles. The van der Waals surface area contributed by atoms with Gasteiger partial charge in [-0.3, -0.25) is 4.79 Å². The maximum Gasteiger partial charge on any atom is 0.267 e. The summed E-state index contributed by atoms with van der Waals surface area (Å²) in [4.78, 5) is 12.0. The Labute approximate surface area is 131 Å². The summed E-state index contributed by atoms with van der Waals surface area (Å²) in [6.45, 7) is 2.55. The molecular formula is C17H20N4O. The number of anilines is 1. The van der Waals surface area contributed by atoms with Crippen LogP contribution in [0, 0.1) is 22.7 Å². The van der Waals surface area contributed by atoms with Crippen molar-refractivity contribution in [3.05, 3.63) is 41.6 Å². The number of nitriles is 2. The maximum atomic E-state index is 12.0. The molecule has 0 atom stereocenters. The summed E-state index contributed by atoms with van der Waals surface area (Å²) in [6, 6.07) is 11.4. The van der Waals surface area contributed by atoms with Gasteiger partial charge in [0, 0.05) is 18.4 Å². The quantitative estimate of drug-likeness (QED) is 0.438. The van der Waals surface area contributed by atoms with Crippen LogP contribution in [0.4, 0.5) is 5.69 Å². The van der Waals surface area contributed by atoms with E-state index in [4.69, 9.17) is 10.5 Å². The molecule has 0 fully saturated rings. The van der Waals surface area contributed by atoms with Crippen molar-refractivity contribution in [3.63, 3.8) is 0 Å². The van der Waals surface area contributed by atoms with Gasteiger partial charge < -0.3 is 10.6 Å². The molecule has 0 saturated carbocycles. The third-order valence-electron chi connectivity index (χ3n) is 3.02. The SMILES string of the molecule is CCCCc1ccc(NC(=O)/C(C#N)=C\NCCC#N)cc1. The van der Waals surface area contributed by atoms with E-state index in [2.05, 4.69) is 17.6 Å². The molecule has 1 amide bonds. The number of hydrogen-bond acceptors (Lipinski definition) is 4. The van der Waals surface area contributed by atoms with E-state index in [-0.39, 0.29) is 5.57 Å². The third-order valence-corrected chi connectivity index (χ3v) is 3.02. The van der Waals surface area contributed by atoms with E-state index in [1.807, 2.05) is 36.4 Å². The minimum Gasteiger partial charge on any atom is -0.389 e. The van der Waals surface area contributed by atoms with Crippen molar-refractivity contribution in [2.75, 3.05) is 11.9 Å². The summed E-state index contributed by atoms with van der Waals surface area (Å²) < 4.78 is 0. The minimum absolute atomic E-state index is 0.0204. The topological polar surface area (TPSA) is 88.7 Å². The number of nitrogens with one attached hydrogen (secondary N) is 2. The van der Waals surface area contributed by atoms with Gasteiger partial charge in [-0.2, -0.15) is 10.5 Å². The van der Waals surface area contributed by atoms with Crippen molar-refractivity contribution < 1.29 is 4.79 Å². The smallest absolute Gasteiger partial charge is 0.267 e. The number of benzene rings is 1. The monoisotopic (exact) mass is 296 g/mol. The summed E-state index contributed by atoms with van der Waals surface area (Å²) >= 11 is 0. The molecular weight excluding hydrogens is 276 g/mol. The molecule has 0 bridgehead atoms. The van der Waals surface area contributed by atoms with E-state index in [1.54, 1.807) is 0 Å². The van der Waals surface area contributed by atoms with Crippen molar-refractivity contribution in [2.45, 2.75) is 32.6 Å². The van der Waals surface area contributed by atoms with Crippen molar-refractivity contribution >= 4 is 11.6 Å². The lowest BCUT2D eigenvalue weighted by molar-refractivity contribution is -0.112. The third kappa shape index (κ3) is 6.11. The molecule has 114 valence electrons. The second kappa shape index (κ2) is 10.0. The molecule has 0 radical (unpaired) electrons. The number of carbonyl (C=O) groups is 1. The van der Waals surface area contributed by atoms with E-state index in [1.165, 1.54) is 11.8 Å². The zero-order valence-corrected chi connectivity index (χ0v) is 12.7.